The van der Waals surface area contributed by atoms with Crippen LogP contribution in [-0.2, 0) is 22.6 Å². The minimum atomic E-state index is -0.00586. The predicted molar refractivity (Wildman–Crippen MR) is 123 cm³/mol. The smallest absolute Gasteiger partial charge is 0.224 e. The molecular weight excluding hydrogens is 398 g/mol. The van der Waals surface area contributed by atoms with Crippen LogP contribution in [0, 0.1) is 0 Å². The number of piperazine rings is 1. The highest BCUT2D eigenvalue weighted by atomic mass is 35.5. The van der Waals surface area contributed by atoms with Gasteiger partial charge in [0.15, 0.2) is 0 Å². The molecule has 1 fully saturated rings. The van der Waals surface area contributed by atoms with Crippen LogP contribution in [0.1, 0.15) is 43.0 Å². The number of amides is 2. The topological polar surface area (TPSA) is 52.7 Å². The number of halogens is 1. The Kier molecular flexibility index (Phi) is 9.34. The number of nitrogens with one attached hydrogen (secondary N) is 1. The minimum absolute atomic E-state index is 0. The van der Waals surface area contributed by atoms with Gasteiger partial charge in [0.05, 0.1) is 6.04 Å². The Hall–Kier alpha value is -2.37. The summed E-state index contributed by atoms with van der Waals surface area (Å²) in [4.78, 5) is 28.8. The molecule has 0 aromatic heterocycles. The van der Waals surface area contributed by atoms with Gasteiger partial charge in [0.1, 0.15) is 0 Å². The fraction of sp³-hybridized carbons (Fsp3) is 0.417. The summed E-state index contributed by atoms with van der Waals surface area (Å²) < 4.78 is 0. The third kappa shape index (κ3) is 6.31. The van der Waals surface area contributed by atoms with Crippen molar-refractivity contribution in [1.29, 1.82) is 0 Å². The lowest BCUT2D eigenvalue weighted by atomic mass is 10.0. The number of hydrogen-bond donors (Lipinski definition) is 1. The summed E-state index contributed by atoms with van der Waals surface area (Å²) >= 11 is 0. The van der Waals surface area contributed by atoms with Crippen LogP contribution in [0.5, 0.6) is 0 Å². The first kappa shape index (κ1) is 23.9. The van der Waals surface area contributed by atoms with Gasteiger partial charge >= 0.3 is 0 Å². The largest absolute Gasteiger partial charge is 0.338 e. The highest BCUT2D eigenvalue weighted by Gasteiger charge is 2.28. The molecule has 0 saturated carbocycles. The Bertz CT molecular complexity index is 811. The fourth-order valence-corrected chi connectivity index (χ4v) is 3.80. The molecule has 1 heterocycles. The van der Waals surface area contributed by atoms with Crippen molar-refractivity contribution < 1.29 is 9.59 Å². The first-order valence-corrected chi connectivity index (χ1v) is 10.5. The van der Waals surface area contributed by atoms with Gasteiger partial charge in [-0.2, -0.15) is 0 Å². The summed E-state index contributed by atoms with van der Waals surface area (Å²) in [5.74, 6) is 0.101. The van der Waals surface area contributed by atoms with Gasteiger partial charge in [-0.15, -0.1) is 12.4 Å². The van der Waals surface area contributed by atoms with E-state index < -0.39 is 0 Å². The Balaban J connectivity index is 0.00000320. The number of rotatable bonds is 7. The second-order valence-corrected chi connectivity index (χ2v) is 7.58. The van der Waals surface area contributed by atoms with Crippen molar-refractivity contribution in [2.75, 3.05) is 26.2 Å². The molecule has 2 aromatic carbocycles. The van der Waals surface area contributed by atoms with Crippen molar-refractivity contribution in [3.05, 3.63) is 71.3 Å². The molecule has 30 heavy (non-hydrogen) atoms. The van der Waals surface area contributed by atoms with Crippen molar-refractivity contribution in [1.82, 2.24) is 15.1 Å². The van der Waals surface area contributed by atoms with Crippen molar-refractivity contribution in [2.24, 2.45) is 0 Å². The van der Waals surface area contributed by atoms with Crippen molar-refractivity contribution in [2.45, 2.75) is 39.3 Å². The molecule has 1 atom stereocenters. The Morgan fingerprint density at radius 2 is 1.77 bits per heavy atom. The summed E-state index contributed by atoms with van der Waals surface area (Å²) in [6, 6.07) is 18.5. The normalized spacial score (nSPS) is 15.9. The van der Waals surface area contributed by atoms with E-state index in [4.69, 9.17) is 0 Å². The van der Waals surface area contributed by atoms with Crippen LogP contribution in [0.3, 0.4) is 0 Å². The minimum Gasteiger partial charge on any atom is -0.338 e. The lowest BCUT2D eigenvalue weighted by Gasteiger charge is -2.37. The highest BCUT2D eigenvalue weighted by molar-refractivity contribution is 5.85. The maximum absolute atomic E-state index is 13.0. The van der Waals surface area contributed by atoms with Gasteiger partial charge in [0, 0.05) is 46.1 Å². The summed E-state index contributed by atoms with van der Waals surface area (Å²) in [6.45, 7) is 6.94. The third-order valence-corrected chi connectivity index (χ3v) is 5.59. The van der Waals surface area contributed by atoms with Crippen LogP contribution in [0.15, 0.2) is 54.6 Å². The molecule has 1 aliphatic heterocycles. The second-order valence-electron chi connectivity index (χ2n) is 7.58. The third-order valence-electron chi connectivity index (χ3n) is 5.59. The number of nitrogens with zero attached hydrogens (tertiary/aromatic N) is 2. The van der Waals surface area contributed by atoms with E-state index in [1.807, 2.05) is 35.2 Å². The van der Waals surface area contributed by atoms with Crippen molar-refractivity contribution in [3.63, 3.8) is 0 Å². The van der Waals surface area contributed by atoms with Gasteiger partial charge < -0.3 is 15.1 Å². The van der Waals surface area contributed by atoms with E-state index in [0.29, 0.717) is 26.1 Å². The molecule has 1 saturated heterocycles. The van der Waals surface area contributed by atoms with E-state index in [-0.39, 0.29) is 30.3 Å². The molecule has 0 spiro atoms. The molecule has 6 heteroatoms. The van der Waals surface area contributed by atoms with E-state index in [1.165, 1.54) is 5.56 Å². The summed E-state index contributed by atoms with van der Waals surface area (Å²) in [7, 11) is 0. The molecule has 2 amide bonds. The molecule has 1 N–H and O–H groups in total. The molecule has 0 radical (unpaired) electrons. The predicted octanol–water partition coefficient (Wildman–Crippen LogP) is 3.58. The molecule has 0 aliphatic carbocycles. The van der Waals surface area contributed by atoms with E-state index in [0.717, 1.165) is 30.6 Å². The fourth-order valence-electron chi connectivity index (χ4n) is 3.80. The van der Waals surface area contributed by atoms with Gasteiger partial charge in [-0.3, -0.25) is 9.59 Å². The number of benzene rings is 2. The van der Waals surface area contributed by atoms with Crippen LogP contribution >= 0.6 is 12.4 Å². The standard InChI is InChI=1S/C24H31N3O2.ClH/c1-3-20-9-11-22(12-10-20)23-17-25-14-16-27(23)24(29)13-15-26(19(2)28)18-21-7-5-4-6-8-21;/h4-12,23,25H,3,13-18H2,1-2H3;1H. The van der Waals surface area contributed by atoms with Gasteiger partial charge in [0.2, 0.25) is 11.8 Å². The van der Waals surface area contributed by atoms with Gasteiger partial charge in [-0.1, -0.05) is 61.5 Å². The van der Waals surface area contributed by atoms with Gasteiger partial charge in [-0.25, -0.2) is 0 Å². The van der Waals surface area contributed by atoms with E-state index >= 15 is 0 Å². The average molecular weight is 430 g/mol. The number of aryl methyl sites for hydroxylation is 1. The lowest BCUT2D eigenvalue weighted by molar-refractivity contribution is -0.136. The Morgan fingerprint density at radius 1 is 1.07 bits per heavy atom. The molecular formula is C24H32ClN3O2. The number of carbonyl (C=O) groups excluding carboxylic acids is 2. The van der Waals surface area contributed by atoms with Crippen LogP contribution in [-0.4, -0.2) is 47.8 Å². The van der Waals surface area contributed by atoms with Gasteiger partial charge in [-0.05, 0) is 23.1 Å². The van der Waals surface area contributed by atoms with Crippen molar-refractivity contribution >= 4 is 24.2 Å². The summed E-state index contributed by atoms with van der Waals surface area (Å²) in [6.07, 6.45) is 1.35. The molecule has 0 bridgehead atoms. The SMILES string of the molecule is CCc1ccc(C2CNCCN2C(=O)CCN(Cc2ccccc2)C(C)=O)cc1.Cl. The van der Waals surface area contributed by atoms with E-state index in [2.05, 4.69) is 36.5 Å². The highest BCUT2D eigenvalue weighted by Crippen LogP contribution is 2.24. The summed E-state index contributed by atoms with van der Waals surface area (Å²) in [5, 5.41) is 3.40. The second kappa shape index (κ2) is 11.7. The molecule has 162 valence electrons. The quantitative estimate of drug-likeness (QED) is 0.731. The zero-order valence-electron chi connectivity index (χ0n) is 17.8. The first-order valence-electron chi connectivity index (χ1n) is 10.5. The van der Waals surface area contributed by atoms with E-state index in [1.54, 1.807) is 11.8 Å². The Labute approximate surface area is 185 Å². The first-order chi connectivity index (χ1) is 14.1. The molecule has 1 aliphatic rings. The number of hydrogen-bond acceptors (Lipinski definition) is 3. The lowest BCUT2D eigenvalue weighted by Crippen LogP contribution is -2.49. The molecule has 3 rings (SSSR count). The van der Waals surface area contributed by atoms with Crippen molar-refractivity contribution in [3.8, 4) is 0 Å². The van der Waals surface area contributed by atoms with Crippen LogP contribution in [0.2, 0.25) is 0 Å². The van der Waals surface area contributed by atoms with Crippen LogP contribution in [0.25, 0.3) is 0 Å². The van der Waals surface area contributed by atoms with Crippen LogP contribution < -0.4 is 5.32 Å². The summed E-state index contributed by atoms with van der Waals surface area (Å²) in [5.41, 5.74) is 3.54. The maximum atomic E-state index is 13.0. The average Bonchev–Trinajstić information content (AvgIpc) is 2.77. The molecule has 2 aromatic rings. The Morgan fingerprint density at radius 3 is 2.40 bits per heavy atom. The zero-order chi connectivity index (χ0) is 20.6. The molecule has 1 unspecified atom stereocenters. The van der Waals surface area contributed by atoms with E-state index in [9.17, 15) is 9.59 Å². The van der Waals surface area contributed by atoms with Crippen LogP contribution in [0.4, 0.5) is 0 Å². The maximum Gasteiger partial charge on any atom is 0.224 e. The zero-order valence-corrected chi connectivity index (χ0v) is 18.7. The monoisotopic (exact) mass is 429 g/mol. The van der Waals surface area contributed by atoms with Gasteiger partial charge in [0.25, 0.3) is 0 Å². The molecule has 5 nitrogen and oxygen atoms in total. The number of carbonyl (C=O) groups is 2.